The van der Waals surface area contributed by atoms with Crippen LogP contribution in [0.2, 0.25) is 0 Å². The van der Waals surface area contributed by atoms with E-state index in [9.17, 15) is 0 Å². The third-order valence-corrected chi connectivity index (χ3v) is 3.75. The largest absolute Gasteiger partial charge is 0.394 e. The van der Waals surface area contributed by atoms with E-state index in [1.165, 1.54) is 5.56 Å². The van der Waals surface area contributed by atoms with E-state index < -0.39 is 0 Å². The van der Waals surface area contributed by atoms with Crippen molar-refractivity contribution >= 4 is 0 Å². The molecular weight excluding hydrogens is 292 g/mol. The Kier molecular flexibility index (Phi) is 8.77. The van der Waals surface area contributed by atoms with E-state index in [2.05, 4.69) is 39.8 Å². The van der Waals surface area contributed by atoms with Crippen molar-refractivity contribution in [2.75, 3.05) is 26.4 Å². The SMILES string of the molecule is CC(C)(CCOCCO)OCCC(C)(C)OCc1ccccc1. The van der Waals surface area contributed by atoms with Crippen molar-refractivity contribution in [3.63, 3.8) is 0 Å². The van der Waals surface area contributed by atoms with Crippen molar-refractivity contribution in [2.45, 2.75) is 58.3 Å². The molecule has 0 spiro atoms. The lowest BCUT2D eigenvalue weighted by Crippen LogP contribution is -2.31. The van der Waals surface area contributed by atoms with Gasteiger partial charge in [0.05, 0.1) is 37.6 Å². The summed E-state index contributed by atoms with van der Waals surface area (Å²) in [4.78, 5) is 0. The Bertz CT molecular complexity index is 415. The van der Waals surface area contributed by atoms with Gasteiger partial charge in [-0.3, -0.25) is 0 Å². The van der Waals surface area contributed by atoms with Gasteiger partial charge in [0, 0.05) is 6.61 Å². The van der Waals surface area contributed by atoms with Crippen LogP contribution in [0.15, 0.2) is 30.3 Å². The Balaban J connectivity index is 2.24. The number of hydrogen-bond acceptors (Lipinski definition) is 4. The summed E-state index contributed by atoms with van der Waals surface area (Å²) in [7, 11) is 0. The molecule has 1 rings (SSSR count). The van der Waals surface area contributed by atoms with Gasteiger partial charge in [0.2, 0.25) is 0 Å². The number of aliphatic hydroxyl groups is 1. The van der Waals surface area contributed by atoms with E-state index in [4.69, 9.17) is 19.3 Å². The van der Waals surface area contributed by atoms with Crippen molar-refractivity contribution in [3.8, 4) is 0 Å². The zero-order chi connectivity index (χ0) is 17.2. The van der Waals surface area contributed by atoms with E-state index in [0.717, 1.165) is 12.8 Å². The molecule has 0 heterocycles. The molecule has 4 nitrogen and oxygen atoms in total. The minimum absolute atomic E-state index is 0.0637. The van der Waals surface area contributed by atoms with Gasteiger partial charge in [-0.15, -0.1) is 0 Å². The molecule has 0 radical (unpaired) electrons. The highest BCUT2D eigenvalue weighted by atomic mass is 16.5. The molecule has 0 aromatic heterocycles. The standard InChI is InChI=1S/C19H32O4/c1-18(2,10-13-21-15-12-20)22-14-11-19(3,4)23-16-17-8-6-5-7-9-17/h5-9,20H,10-16H2,1-4H3. The second kappa shape index (κ2) is 10.0. The maximum Gasteiger partial charge on any atom is 0.0724 e. The summed E-state index contributed by atoms with van der Waals surface area (Å²) in [6.07, 6.45) is 1.64. The van der Waals surface area contributed by atoms with Gasteiger partial charge in [0.1, 0.15) is 0 Å². The second-order valence-electron chi connectivity index (χ2n) is 6.98. The van der Waals surface area contributed by atoms with Crippen LogP contribution in [-0.2, 0) is 20.8 Å². The first kappa shape index (κ1) is 20.1. The van der Waals surface area contributed by atoms with E-state index in [1.54, 1.807) is 0 Å². The normalized spacial score (nSPS) is 12.6. The van der Waals surface area contributed by atoms with Gasteiger partial charge in [0.15, 0.2) is 0 Å². The van der Waals surface area contributed by atoms with E-state index in [1.807, 2.05) is 18.2 Å². The first-order chi connectivity index (χ1) is 10.8. The molecule has 4 heteroatoms. The average molecular weight is 324 g/mol. The van der Waals surface area contributed by atoms with Crippen LogP contribution in [-0.4, -0.2) is 42.7 Å². The lowest BCUT2D eigenvalue weighted by molar-refractivity contribution is -0.0856. The molecule has 0 aliphatic heterocycles. The molecule has 0 unspecified atom stereocenters. The lowest BCUT2D eigenvalue weighted by atomic mass is 10.0. The molecule has 0 atom stereocenters. The predicted molar refractivity (Wildman–Crippen MR) is 92.5 cm³/mol. The van der Waals surface area contributed by atoms with E-state index in [-0.39, 0.29) is 17.8 Å². The topological polar surface area (TPSA) is 47.9 Å². The summed E-state index contributed by atoms with van der Waals surface area (Å²) in [5.74, 6) is 0. The number of aliphatic hydroxyl groups excluding tert-OH is 1. The maximum atomic E-state index is 8.69. The zero-order valence-corrected chi connectivity index (χ0v) is 15.0. The Morgan fingerprint density at radius 3 is 2.09 bits per heavy atom. The summed E-state index contributed by atoms with van der Waals surface area (Å²) in [6.45, 7) is 10.6. The molecule has 23 heavy (non-hydrogen) atoms. The third kappa shape index (κ3) is 9.72. The zero-order valence-electron chi connectivity index (χ0n) is 15.0. The Morgan fingerprint density at radius 2 is 1.43 bits per heavy atom. The van der Waals surface area contributed by atoms with Crippen LogP contribution in [0.3, 0.4) is 0 Å². The minimum Gasteiger partial charge on any atom is -0.394 e. The Hall–Kier alpha value is -0.940. The molecule has 0 fully saturated rings. The molecule has 0 saturated carbocycles. The Morgan fingerprint density at radius 1 is 0.826 bits per heavy atom. The smallest absolute Gasteiger partial charge is 0.0724 e. The van der Waals surface area contributed by atoms with Crippen LogP contribution in [0.1, 0.15) is 46.1 Å². The molecule has 1 aromatic carbocycles. The maximum absolute atomic E-state index is 8.69. The average Bonchev–Trinajstić information content (AvgIpc) is 2.50. The number of hydrogen-bond donors (Lipinski definition) is 1. The van der Waals surface area contributed by atoms with Crippen LogP contribution in [0.4, 0.5) is 0 Å². The van der Waals surface area contributed by atoms with Crippen LogP contribution in [0.5, 0.6) is 0 Å². The van der Waals surface area contributed by atoms with Crippen LogP contribution >= 0.6 is 0 Å². The fourth-order valence-electron chi connectivity index (χ4n) is 2.05. The monoisotopic (exact) mass is 324 g/mol. The van der Waals surface area contributed by atoms with Gasteiger partial charge in [-0.2, -0.15) is 0 Å². The number of benzene rings is 1. The number of ether oxygens (including phenoxy) is 3. The van der Waals surface area contributed by atoms with Crippen molar-refractivity contribution in [2.24, 2.45) is 0 Å². The summed E-state index contributed by atoms with van der Waals surface area (Å²) in [6, 6.07) is 10.2. The summed E-state index contributed by atoms with van der Waals surface area (Å²) in [5.41, 5.74) is 0.729. The minimum atomic E-state index is -0.231. The highest BCUT2D eigenvalue weighted by molar-refractivity contribution is 5.13. The Labute approximate surface area is 140 Å². The summed E-state index contributed by atoms with van der Waals surface area (Å²) >= 11 is 0. The van der Waals surface area contributed by atoms with Gasteiger partial charge in [0.25, 0.3) is 0 Å². The van der Waals surface area contributed by atoms with Gasteiger partial charge < -0.3 is 19.3 Å². The lowest BCUT2D eigenvalue weighted by Gasteiger charge is -2.29. The quantitative estimate of drug-likeness (QED) is 0.597. The second-order valence-corrected chi connectivity index (χ2v) is 6.98. The van der Waals surface area contributed by atoms with Gasteiger partial charge in [-0.25, -0.2) is 0 Å². The molecule has 132 valence electrons. The predicted octanol–water partition coefficient (Wildman–Crippen LogP) is 3.57. The van der Waals surface area contributed by atoms with Crippen molar-refractivity contribution in [1.29, 1.82) is 0 Å². The van der Waals surface area contributed by atoms with Crippen molar-refractivity contribution in [3.05, 3.63) is 35.9 Å². The first-order valence-electron chi connectivity index (χ1n) is 8.35. The van der Waals surface area contributed by atoms with Gasteiger partial charge in [-0.1, -0.05) is 30.3 Å². The third-order valence-electron chi connectivity index (χ3n) is 3.75. The van der Waals surface area contributed by atoms with Crippen LogP contribution < -0.4 is 0 Å². The van der Waals surface area contributed by atoms with Crippen LogP contribution in [0.25, 0.3) is 0 Å². The van der Waals surface area contributed by atoms with Crippen molar-refractivity contribution < 1.29 is 19.3 Å². The molecule has 0 amide bonds. The van der Waals surface area contributed by atoms with Gasteiger partial charge in [-0.05, 0) is 46.1 Å². The first-order valence-corrected chi connectivity index (χ1v) is 8.35. The van der Waals surface area contributed by atoms with Crippen LogP contribution in [0, 0.1) is 0 Å². The van der Waals surface area contributed by atoms with Gasteiger partial charge >= 0.3 is 0 Å². The molecule has 1 N–H and O–H groups in total. The number of rotatable bonds is 12. The molecule has 0 aliphatic rings. The highest BCUT2D eigenvalue weighted by Crippen LogP contribution is 2.20. The molecular formula is C19H32O4. The fraction of sp³-hybridized carbons (Fsp3) is 0.684. The molecule has 0 bridgehead atoms. The summed E-state index contributed by atoms with van der Waals surface area (Å²) < 4.78 is 17.3. The summed E-state index contributed by atoms with van der Waals surface area (Å²) in [5, 5.41) is 8.69. The molecule has 1 aromatic rings. The molecule has 0 saturated heterocycles. The van der Waals surface area contributed by atoms with E-state index >= 15 is 0 Å². The fourth-order valence-corrected chi connectivity index (χ4v) is 2.05. The van der Waals surface area contributed by atoms with E-state index in [0.29, 0.717) is 26.4 Å². The van der Waals surface area contributed by atoms with Crippen molar-refractivity contribution in [1.82, 2.24) is 0 Å². The highest BCUT2D eigenvalue weighted by Gasteiger charge is 2.22. The molecule has 0 aliphatic carbocycles.